The van der Waals surface area contributed by atoms with Crippen LogP contribution in [-0.4, -0.2) is 29.8 Å². The van der Waals surface area contributed by atoms with E-state index in [0.29, 0.717) is 27.4 Å². The van der Waals surface area contributed by atoms with E-state index in [1.165, 1.54) is 19.2 Å². The van der Waals surface area contributed by atoms with E-state index < -0.39 is 22.7 Å². The van der Waals surface area contributed by atoms with Gasteiger partial charge in [0.25, 0.3) is 17.5 Å². The van der Waals surface area contributed by atoms with Crippen molar-refractivity contribution in [1.29, 1.82) is 0 Å². The lowest BCUT2D eigenvalue weighted by atomic mass is 10.1. The molecule has 0 spiro atoms. The zero-order valence-corrected chi connectivity index (χ0v) is 20.2. The monoisotopic (exact) mass is 501 g/mol. The molecule has 3 rings (SSSR count). The zero-order valence-electron chi connectivity index (χ0n) is 18.6. The molecule has 0 aliphatic heterocycles. The standard InChI is InChI=1S/C23H20ClN3O6S/c1-11-8-9-14(10-17(11)27(31)32)20(28)26-22-18(23(30)33-4)13(3)19(34-22)21(29)25-16-7-5-6-15(24)12(16)2/h5-10H,1-4H3,(H,25,29)(H,26,28). The summed E-state index contributed by atoms with van der Waals surface area (Å²) in [6, 6.07) is 9.13. The van der Waals surface area contributed by atoms with Crippen LogP contribution < -0.4 is 10.6 Å². The molecular weight excluding hydrogens is 482 g/mol. The Morgan fingerprint density at radius 2 is 1.74 bits per heavy atom. The highest BCUT2D eigenvalue weighted by Crippen LogP contribution is 2.35. The summed E-state index contributed by atoms with van der Waals surface area (Å²) in [5.41, 5.74) is 1.74. The SMILES string of the molecule is COC(=O)c1c(NC(=O)c2ccc(C)c([N+](=O)[O-])c2)sc(C(=O)Nc2cccc(Cl)c2C)c1C. The molecule has 0 aliphatic carbocycles. The summed E-state index contributed by atoms with van der Waals surface area (Å²) in [5.74, 6) is -1.91. The number of carbonyl (C=O) groups is 3. The molecule has 0 saturated heterocycles. The normalized spacial score (nSPS) is 10.5. The number of nitro groups is 1. The van der Waals surface area contributed by atoms with Crippen LogP contribution in [0.2, 0.25) is 5.02 Å². The van der Waals surface area contributed by atoms with Gasteiger partial charge in [0.05, 0.1) is 22.5 Å². The van der Waals surface area contributed by atoms with Gasteiger partial charge in [-0.25, -0.2) is 4.79 Å². The Hall–Kier alpha value is -3.76. The van der Waals surface area contributed by atoms with Crippen molar-refractivity contribution >= 4 is 57.1 Å². The van der Waals surface area contributed by atoms with Crippen LogP contribution in [0.4, 0.5) is 16.4 Å². The van der Waals surface area contributed by atoms with Crippen molar-refractivity contribution in [2.75, 3.05) is 17.7 Å². The summed E-state index contributed by atoms with van der Waals surface area (Å²) in [5, 5.41) is 17.1. The first-order valence-corrected chi connectivity index (χ1v) is 11.1. The minimum absolute atomic E-state index is 0.0235. The van der Waals surface area contributed by atoms with E-state index in [0.717, 1.165) is 17.4 Å². The lowest BCUT2D eigenvalue weighted by Crippen LogP contribution is -2.15. The van der Waals surface area contributed by atoms with Crippen LogP contribution in [0.3, 0.4) is 0 Å². The molecule has 0 saturated carbocycles. The molecule has 2 aromatic carbocycles. The molecular formula is C23H20ClN3O6S. The number of nitro benzene ring substituents is 1. The molecule has 0 bridgehead atoms. The van der Waals surface area contributed by atoms with Gasteiger partial charge in [-0.2, -0.15) is 0 Å². The predicted molar refractivity (Wildman–Crippen MR) is 130 cm³/mol. The molecule has 0 aliphatic rings. The van der Waals surface area contributed by atoms with Gasteiger partial charge in [-0.1, -0.05) is 23.7 Å². The molecule has 1 aromatic heterocycles. The van der Waals surface area contributed by atoms with E-state index >= 15 is 0 Å². The predicted octanol–water partition coefficient (Wildman–Crippen LogP) is 5.53. The van der Waals surface area contributed by atoms with Crippen molar-refractivity contribution in [3.05, 3.63) is 84.2 Å². The molecule has 34 heavy (non-hydrogen) atoms. The van der Waals surface area contributed by atoms with Crippen molar-refractivity contribution < 1.29 is 24.0 Å². The molecule has 1 heterocycles. The smallest absolute Gasteiger partial charge is 0.341 e. The number of anilines is 2. The van der Waals surface area contributed by atoms with Crippen molar-refractivity contribution in [2.45, 2.75) is 20.8 Å². The van der Waals surface area contributed by atoms with Crippen LogP contribution in [0.15, 0.2) is 36.4 Å². The first-order valence-electron chi connectivity index (χ1n) is 9.89. The molecule has 3 aromatic rings. The van der Waals surface area contributed by atoms with Gasteiger partial charge in [0.1, 0.15) is 5.00 Å². The number of benzene rings is 2. The fraction of sp³-hybridized carbons (Fsp3) is 0.174. The summed E-state index contributed by atoms with van der Waals surface area (Å²) in [4.78, 5) is 49.1. The Labute approximate surface area is 203 Å². The fourth-order valence-electron chi connectivity index (χ4n) is 3.21. The molecule has 176 valence electrons. The van der Waals surface area contributed by atoms with Crippen LogP contribution in [0.1, 0.15) is 47.1 Å². The first kappa shape index (κ1) is 24.9. The van der Waals surface area contributed by atoms with Crippen molar-refractivity contribution in [3.8, 4) is 0 Å². The molecule has 0 fully saturated rings. The molecule has 9 nitrogen and oxygen atoms in total. The number of methoxy groups -OCH3 is 1. The quantitative estimate of drug-likeness (QED) is 0.260. The maximum absolute atomic E-state index is 13.0. The first-order chi connectivity index (χ1) is 16.0. The van der Waals surface area contributed by atoms with Crippen molar-refractivity contribution in [3.63, 3.8) is 0 Å². The van der Waals surface area contributed by atoms with Gasteiger partial charge in [0, 0.05) is 27.9 Å². The van der Waals surface area contributed by atoms with E-state index in [4.69, 9.17) is 16.3 Å². The van der Waals surface area contributed by atoms with E-state index in [-0.39, 0.29) is 26.7 Å². The summed E-state index contributed by atoms with van der Waals surface area (Å²) in [6.45, 7) is 4.88. The van der Waals surface area contributed by atoms with Crippen LogP contribution in [-0.2, 0) is 4.74 Å². The highest BCUT2D eigenvalue weighted by atomic mass is 35.5. The van der Waals surface area contributed by atoms with E-state index in [9.17, 15) is 24.5 Å². The van der Waals surface area contributed by atoms with Gasteiger partial charge in [0.15, 0.2) is 0 Å². The number of halogens is 1. The number of ether oxygens (including phenoxy) is 1. The number of nitrogens with zero attached hydrogens (tertiary/aromatic N) is 1. The third kappa shape index (κ3) is 4.92. The van der Waals surface area contributed by atoms with Gasteiger partial charge in [-0.05, 0) is 50.1 Å². The Balaban J connectivity index is 1.97. The van der Waals surface area contributed by atoms with Gasteiger partial charge >= 0.3 is 5.97 Å². The van der Waals surface area contributed by atoms with Gasteiger partial charge < -0.3 is 15.4 Å². The van der Waals surface area contributed by atoms with Gasteiger partial charge in [-0.15, -0.1) is 11.3 Å². The maximum Gasteiger partial charge on any atom is 0.341 e. The highest BCUT2D eigenvalue weighted by Gasteiger charge is 2.27. The minimum Gasteiger partial charge on any atom is -0.465 e. The van der Waals surface area contributed by atoms with Crippen LogP contribution in [0.5, 0.6) is 0 Å². The molecule has 0 radical (unpaired) electrons. The number of amides is 2. The molecule has 2 amide bonds. The summed E-state index contributed by atoms with van der Waals surface area (Å²) < 4.78 is 4.84. The molecule has 0 atom stereocenters. The van der Waals surface area contributed by atoms with E-state index in [2.05, 4.69) is 10.6 Å². The minimum atomic E-state index is -0.739. The van der Waals surface area contributed by atoms with Crippen molar-refractivity contribution in [2.24, 2.45) is 0 Å². The molecule has 11 heteroatoms. The summed E-state index contributed by atoms with van der Waals surface area (Å²) in [6.07, 6.45) is 0. The topological polar surface area (TPSA) is 128 Å². The number of thiophene rings is 1. The zero-order chi connectivity index (χ0) is 25.2. The van der Waals surface area contributed by atoms with Gasteiger partial charge in [0.2, 0.25) is 0 Å². The second kappa shape index (κ2) is 10.0. The third-order valence-corrected chi connectivity index (χ3v) is 6.77. The van der Waals surface area contributed by atoms with E-state index in [1.54, 1.807) is 39.0 Å². The summed E-state index contributed by atoms with van der Waals surface area (Å²) in [7, 11) is 1.18. The molecule has 0 unspecified atom stereocenters. The third-order valence-electron chi connectivity index (χ3n) is 5.15. The number of rotatable bonds is 6. The average molecular weight is 502 g/mol. The average Bonchev–Trinajstić information content (AvgIpc) is 3.12. The second-order valence-electron chi connectivity index (χ2n) is 7.33. The number of aryl methyl sites for hydroxylation is 1. The number of carbonyl (C=O) groups excluding carboxylic acids is 3. The van der Waals surface area contributed by atoms with E-state index in [1.807, 2.05) is 0 Å². The number of nitrogens with one attached hydrogen (secondary N) is 2. The highest BCUT2D eigenvalue weighted by molar-refractivity contribution is 7.19. The Morgan fingerprint density at radius 3 is 2.38 bits per heavy atom. The maximum atomic E-state index is 13.0. The largest absolute Gasteiger partial charge is 0.465 e. The number of esters is 1. The number of hydrogen-bond donors (Lipinski definition) is 2. The van der Waals surface area contributed by atoms with Crippen molar-refractivity contribution in [1.82, 2.24) is 0 Å². The lowest BCUT2D eigenvalue weighted by molar-refractivity contribution is -0.385. The second-order valence-corrected chi connectivity index (χ2v) is 8.76. The van der Waals surface area contributed by atoms with Crippen LogP contribution in [0.25, 0.3) is 0 Å². The molecule has 2 N–H and O–H groups in total. The Kier molecular flexibility index (Phi) is 7.33. The fourth-order valence-corrected chi connectivity index (χ4v) is 4.47. The Bertz CT molecular complexity index is 1330. The van der Waals surface area contributed by atoms with Gasteiger partial charge in [-0.3, -0.25) is 19.7 Å². The van der Waals surface area contributed by atoms with Crippen LogP contribution in [0, 0.1) is 30.9 Å². The number of hydrogen-bond acceptors (Lipinski definition) is 7. The Morgan fingerprint density at radius 1 is 1.03 bits per heavy atom. The summed E-state index contributed by atoms with van der Waals surface area (Å²) >= 11 is 7.01. The lowest BCUT2D eigenvalue weighted by Gasteiger charge is -2.09. The van der Waals surface area contributed by atoms with Crippen LogP contribution >= 0.6 is 22.9 Å².